The van der Waals surface area contributed by atoms with Gasteiger partial charge in [-0.3, -0.25) is 0 Å². The van der Waals surface area contributed by atoms with Gasteiger partial charge in [0.25, 0.3) is 0 Å². The lowest BCUT2D eigenvalue weighted by atomic mass is 10.0. The maximum atomic E-state index is 5.94. The first kappa shape index (κ1) is 12.2. The van der Waals surface area contributed by atoms with Gasteiger partial charge in [0.1, 0.15) is 0 Å². The van der Waals surface area contributed by atoms with E-state index in [1.807, 2.05) is 37.3 Å². The first-order valence-corrected chi connectivity index (χ1v) is 4.15. The topological polar surface area (TPSA) is 26.0 Å². The maximum absolute atomic E-state index is 5.94. The lowest BCUT2D eigenvalue weighted by molar-refractivity contribution is 0.717. The molecule has 0 aliphatic carbocycles. The molecule has 0 aromatic heterocycles. The van der Waals surface area contributed by atoms with Crippen molar-refractivity contribution >= 4 is 12.4 Å². The van der Waals surface area contributed by atoms with Crippen LogP contribution in [-0.4, -0.2) is 0 Å². The Bertz CT molecular complexity index is 256. The molecule has 0 saturated carbocycles. The van der Waals surface area contributed by atoms with Crippen molar-refractivity contribution < 1.29 is 0 Å². The second-order valence-corrected chi connectivity index (χ2v) is 3.18. The highest BCUT2D eigenvalue weighted by molar-refractivity contribution is 5.85. The van der Waals surface area contributed by atoms with E-state index in [2.05, 4.69) is 6.58 Å². The minimum atomic E-state index is 0. The Balaban J connectivity index is 0.00000144. The van der Waals surface area contributed by atoms with E-state index in [0.29, 0.717) is 0 Å². The molecule has 13 heavy (non-hydrogen) atoms. The number of hydrogen-bond acceptors (Lipinski definition) is 1. The summed E-state index contributed by atoms with van der Waals surface area (Å²) >= 11 is 0. The van der Waals surface area contributed by atoms with Crippen LogP contribution in [0, 0.1) is 0 Å². The Morgan fingerprint density at radius 1 is 1.38 bits per heavy atom. The lowest BCUT2D eigenvalue weighted by Crippen LogP contribution is -2.09. The molecule has 1 aromatic carbocycles. The quantitative estimate of drug-likeness (QED) is 0.741. The summed E-state index contributed by atoms with van der Waals surface area (Å²) in [5.74, 6) is 0. The number of benzene rings is 1. The molecular weight excluding hydrogens is 182 g/mol. The Morgan fingerprint density at radius 3 is 2.38 bits per heavy atom. The minimum Gasteiger partial charge on any atom is -0.324 e. The van der Waals surface area contributed by atoms with Crippen LogP contribution in [0.4, 0.5) is 0 Å². The summed E-state index contributed by atoms with van der Waals surface area (Å²) in [5, 5.41) is 0. The average molecular weight is 198 g/mol. The van der Waals surface area contributed by atoms with Crippen LogP contribution in [0.1, 0.15) is 24.9 Å². The van der Waals surface area contributed by atoms with E-state index in [0.717, 1.165) is 12.0 Å². The van der Waals surface area contributed by atoms with Gasteiger partial charge in [0.2, 0.25) is 0 Å². The molecule has 2 N–H and O–H groups in total. The number of hydrogen-bond donors (Lipinski definition) is 1. The monoisotopic (exact) mass is 197 g/mol. The van der Waals surface area contributed by atoms with Crippen molar-refractivity contribution in [3.8, 4) is 0 Å². The fourth-order valence-electron chi connectivity index (χ4n) is 1.19. The molecule has 0 fully saturated rings. The van der Waals surface area contributed by atoms with Crippen LogP contribution < -0.4 is 5.73 Å². The Morgan fingerprint density at radius 2 is 1.92 bits per heavy atom. The third-order valence-corrected chi connectivity index (χ3v) is 1.80. The Labute approximate surface area is 86.1 Å². The summed E-state index contributed by atoms with van der Waals surface area (Å²) < 4.78 is 0. The summed E-state index contributed by atoms with van der Waals surface area (Å²) in [4.78, 5) is 0. The van der Waals surface area contributed by atoms with Gasteiger partial charge in [-0.25, -0.2) is 0 Å². The first-order valence-electron chi connectivity index (χ1n) is 4.15. The van der Waals surface area contributed by atoms with Gasteiger partial charge in [0.05, 0.1) is 0 Å². The third-order valence-electron chi connectivity index (χ3n) is 1.80. The Kier molecular flexibility index (Phi) is 5.44. The minimum absolute atomic E-state index is 0. The third kappa shape index (κ3) is 4.11. The molecule has 0 radical (unpaired) electrons. The molecule has 0 heterocycles. The van der Waals surface area contributed by atoms with Gasteiger partial charge in [0.15, 0.2) is 0 Å². The molecule has 0 spiro atoms. The molecule has 1 unspecified atom stereocenters. The van der Waals surface area contributed by atoms with Crippen LogP contribution in [0.25, 0.3) is 0 Å². The predicted octanol–water partition coefficient (Wildman–Crippen LogP) is 3.07. The zero-order valence-corrected chi connectivity index (χ0v) is 8.68. The van der Waals surface area contributed by atoms with E-state index in [-0.39, 0.29) is 18.4 Å². The molecule has 0 saturated heterocycles. The maximum Gasteiger partial charge on any atom is 0.0332 e. The number of nitrogens with two attached hydrogens (primary N) is 1. The van der Waals surface area contributed by atoms with E-state index in [1.54, 1.807) is 0 Å². The summed E-state index contributed by atoms with van der Waals surface area (Å²) in [6.07, 6.45) is 0.865. The van der Waals surface area contributed by atoms with Crippen molar-refractivity contribution in [3.05, 3.63) is 48.0 Å². The van der Waals surface area contributed by atoms with Crippen molar-refractivity contribution in [3.63, 3.8) is 0 Å². The molecule has 0 aliphatic heterocycles. The fraction of sp³-hybridized carbons (Fsp3) is 0.273. The van der Waals surface area contributed by atoms with Gasteiger partial charge in [-0.1, -0.05) is 35.9 Å². The first-order chi connectivity index (χ1) is 5.70. The van der Waals surface area contributed by atoms with Gasteiger partial charge in [0, 0.05) is 6.04 Å². The standard InChI is InChI=1S/C11H15N.ClH/c1-9(2)8-11(12)10-6-4-3-5-7-10;/h3-7,11H,1,8,12H2,2H3;1H. The normalized spacial score (nSPS) is 11.5. The summed E-state index contributed by atoms with van der Waals surface area (Å²) in [6.45, 7) is 5.84. The molecule has 1 rings (SSSR count). The van der Waals surface area contributed by atoms with Gasteiger partial charge in [-0.05, 0) is 18.9 Å². The lowest BCUT2D eigenvalue weighted by Gasteiger charge is -2.10. The molecular formula is C11H16ClN. The zero-order valence-electron chi connectivity index (χ0n) is 7.86. The molecule has 0 amide bonds. The van der Waals surface area contributed by atoms with Crippen molar-refractivity contribution in [1.29, 1.82) is 0 Å². The van der Waals surface area contributed by atoms with Crippen LogP contribution in [0.3, 0.4) is 0 Å². The number of rotatable bonds is 3. The second kappa shape index (κ2) is 5.79. The van der Waals surface area contributed by atoms with E-state index in [4.69, 9.17) is 5.73 Å². The van der Waals surface area contributed by atoms with Gasteiger partial charge in [-0.2, -0.15) is 0 Å². The molecule has 0 aliphatic rings. The van der Waals surface area contributed by atoms with Crippen molar-refractivity contribution in [2.75, 3.05) is 0 Å². The molecule has 1 nitrogen and oxygen atoms in total. The van der Waals surface area contributed by atoms with E-state index in [1.165, 1.54) is 5.56 Å². The van der Waals surface area contributed by atoms with Crippen molar-refractivity contribution in [2.24, 2.45) is 5.73 Å². The van der Waals surface area contributed by atoms with Crippen LogP contribution >= 0.6 is 12.4 Å². The van der Waals surface area contributed by atoms with E-state index < -0.39 is 0 Å². The van der Waals surface area contributed by atoms with Crippen LogP contribution in [-0.2, 0) is 0 Å². The predicted molar refractivity (Wildman–Crippen MR) is 60.0 cm³/mol. The van der Waals surface area contributed by atoms with Gasteiger partial charge < -0.3 is 5.73 Å². The van der Waals surface area contributed by atoms with Crippen molar-refractivity contribution in [1.82, 2.24) is 0 Å². The summed E-state index contributed by atoms with van der Waals surface area (Å²) in [7, 11) is 0. The van der Waals surface area contributed by atoms with Crippen LogP contribution in [0.15, 0.2) is 42.5 Å². The fourth-order valence-corrected chi connectivity index (χ4v) is 1.19. The highest BCUT2D eigenvalue weighted by Crippen LogP contribution is 2.16. The highest BCUT2D eigenvalue weighted by atomic mass is 35.5. The molecule has 0 bridgehead atoms. The van der Waals surface area contributed by atoms with Crippen LogP contribution in [0.5, 0.6) is 0 Å². The molecule has 1 aromatic rings. The van der Waals surface area contributed by atoms with E-state index >= 15 is 0 Å². The summed E-state index contributed by atoms with van der Waals surface area (Å²) in [5.41, 5.74) is 8.25. The Hall–Kier alpha value is -0.790. The second-order valence-electron chi connectivity index (χ2n) is 3.18. The van der Waals surface area contributed by atoms with Gasteiger partial charge >= 0.3 is 0 Å². The SMILES string of the molecule is C=C(C)CC(N)c1ccccc1.Cl. The molecule has 72 valence electrons. The van der Waals surface area contributed by atoms with E-state index in [9.17, 15) is 0 Å². The molecule has 1 atom stereocenters. The summed E-state index contributed by atoms with van der Waals surface area (Å²) in [6, 6.07) is 10.2. The van der Waals surface area contributed by atoms with Gasteiger partial charge in [-0.15, -0.1) is 19.0 Å². The number of halogens is 1. The van der Waals surface area contributed by atoms with Crippen LogP contribution in [0.2, 0.25) is 0 Å². The molecule has 2 heteroatoms. The smallest absolute Gasteiger partial charge is 0.0332 e. The average Bonchev–Trinajstić information content (AvgIpc) is 2.05. The van der Waals surface area contributed by atoms with Crippen molar-refractivity contribution in [2.45, 2.75) is 19.4 Å². The largest absolute Gasteiger partial charge is 0.324 e. The zero-order chi connectivity index (χ0) is 8.97. The highest BCUT2D eigenvalue weighted by Gasteiger charge is 2.03.